The largest absolute Gasteiger partial charge is 0.481 e. The fraction of sp³-hybridized carbons (Fsp3) is 0.351. The van der Waals surface area contributed by atoms with E-state index in [1.807, 2.05) is 31.2 Å². The van der Waals surface area contributed by atoms with Gasteiger partial charge < -0.3 is 25.8 Å². The lowest BCUT2D eigenvalue weighted by atomic mass is 9.77. The summed E-state index contributed by atoms with van der Waals surface area (Å²) in [4.78, 5) is 29.5. The number of pyridine rings is 1. The molecule has 4 heterocycles. The molecule has 14 heteroatoms. The summed E-state index contributed by atoms with van der Waals surface area (Å²) in [6.07, 6.45) is 4.29. The first kappa shape index (κ1) is 35.1. The molecule has 51 heavy (non-hydrogen) atoms. The van der Waals surface area contributed by atoms with Crippen molar-refractivity contribution in [3.05, 3.63) is 92.3 Å². The van der Waals surface area contributed by atoms with E-state index in [2.05, 4.69) is 20.9 Å². The summed E-state index contributed by atoms with van der Waals surface area (Å²) in [5.41, 5.74) is 3.25. The number of nitrogens with zero attached hydrogens (tertiary/aromatic N) is 4. The summed E-state index contributed by atoms with van der Waals surface area (Å²) in [6, 6.07) is 14.2. The summed E-state index contributed by atoms with van der Waals surface area (Å²) in [6.45, 7) is 2.87. The number of rotatable bonds is 11. The molecule has 1 saturated heterocycles. The van der Waals surface area contributed by atoms with Gasteiger partial charge in [0.05, 0.1) is 40.6 Å². The van der Waals surface area contributed by atoms with Crippen LogP contribution in [0.5, 0.6) is 5.88 Å². The maximum atomic E-state index is 15.6. The monoisotopic (exact) mass is 733 g/mol. The summed E-state index contributed by atoms with van der Waals surface area (Å²) in [5.74, 6) is 0.211. The molecule has 3 aromatic heterocycles. The standard InChI is InChI=1S/C37H38Cl2FN7O4/c1-37(50)14-22(15-37)42-18-31-45-47-19-20(12-30(47)36(49)46(31)2)23-6-4-7-24(33(23)38)25-8-5-9-26(34(25)39)29-13-28(40)27(35(44-29)51-3)17-41-16-21-10-11-32(48)43-21/h4-9,12-13,19,21-22,41-42,50H,10-11,14-18H2,1-3H3,(H,43,48)/t21-,22?,37?/m0/s1. The Balaban J connectivity index is 1.16. The first-order valence-electron chi connectivity index (χ1n) is 16.8. The van der Waals surface area contributed by atoms with E-state index in [1.54, 1.807) is 36.0 Å². The summed E-state index contributed by atoms with van der Waals surface area (Å²) in [5, 5.41) is 25.0. The van der Waals surface area contributed by atoms with Gasteiger partial charge in [0.15, 0.2) is 0 Å². The minimum absolute atomic E-state index is 0.00422. The zero-order valence-electron chi connectivity index (χ0n) is 28.4. The average Bonchev–Trinajstić information content (AvgIpc) is 3.71. The van der Waals surface area contributed by atoms with Gasteiger partial charge in [-0.25, -0.2) is 13.9 Å². The van der Waals surface area contributed by atoms with E-state index < -0.39 is 11.4 Å². The van der Waals surface area contributed by atoms with E-state index in [9.17, 15) is 14.7 Å². The molecule has 0 spiro atoms. The van der Waals surface area contributed by atoms with Crippen molar-refractivity contribution in [2.75, 3.05) is 13.7 Å². The van der Waals surface area contributed by atoms with E-state index in [-0.39, 0.29) is 41.5 Å². The number of aliphatic hydroxyl groups is 1. The van der Waals surface area contributed by atoms with E-state index in [1.165, 1.54) is 17.7 Å². The molecule has 2 aromatic carbocycles. The van der Waals surface area contributed by atoms with Gasteiger partial charge in [-0.1, -0.05) is 59.6 Å². The number of hydrogen-bond acceptors (Lipinski definition) is 8. The maximum Gasteiger partial charge on any atom is 0.277 e. The lowest BCUT2D eigenvalue weighted by Gasteiger charge is -2.41. The van der Waals surface area contributed by atoms with Crippen LogP contribution in [-0.2, 0) is 24.9 Å². The van der Waals surface area contributed by atoms with E-state index >= 15 is 4.39 Å². The molecule has 0 unspecified atom stereocenters. The predicted molar refractivity (Wildman–Crippen MR) is 194 cm³/mol. The molecule has 2 aliphatic rings. The second-order valence-electron chi connectivity index (χ2n) is 13.6. The first-order chi connectivity index (χ1) is 24.4. The number of ether oxygens (including phenoxy) is 1. The molecule has 0 radical (unpaired) electrons. The molecule has 2 fully saturated rings. The zero-order valence-corrected chi connectivity index (χ0v) is 29.9. The van der Waals surface area contributed by atoms with E-state index in [4.69, 9.17) is 33.0 Å². The van der Waals surface area contributed by atoms with E-state index in [0.717, 1.165) is 6.42 Å². The van der Waals surface area contributed by atoms with Crippen molar-refractivity contribution in [2.24, 2.45) is 7.05 Å². The maximum absolute atomic E-state index is 15.6. The lowest BCUT2D eigenvalue weighted by Crippen LogP contribution is -2.51. The molecule has 1 atom stereocenters. The molecule has 266 valence electrons. The van der Waals surface area contributed by atoms with Crippen LogP contribution < -0.4 is 26.2 Å². The van der Waals surface area contributed by atoms with Crippen LogP contribution in [0.15, 0.2) is 59.5 Å². The third kappa shape index (κ3) is 6.98. The van der Waals surface area contributed by atoms with Crippen molar-refractivity contribution >= 4 is 34.6 Å². The Morgan fingerprint density at radius 3 is 2.41 bits per heavy atom. The number of nitrogens with one attached hydrogen (secondary N) is 3. The van der Waals surface area contributed by atoms with E-state index in [0.29, 0.717) is 87.2 Å². The third-order valence-corrected chi connectivity index (χ3v) is 10.5. The summed E-state index contributed by atoms with van der Waals surface area (Å²) in [7, 11) is 3.13. The number of hydrogen-bond donors (Lipinski definition) is 4. The van der Waals surface area contributed by atoms with Crippen molar-refractivity contribution < 1.29 is 19.0 Å². The SMILES string of the molecule is COc1nc(-c2cccc(-c3cccc(-c4cc5c(=O)n(C)c(CNC6CC(C)(O)C6)nn5c4)c3Cl)c2Cl)cc(F)c1CNC[C@@H]1CCC(=O)N1. The second-order valence-corrected chi connectivity index (χ2v) is 14.3. The van der Waals surface area contributed by atoms with Gasteiger partial charge >= 0.3 is 0 Å². The molecule has 1 aliphatic heterocycles. The van der Waals surface area contributed by atoms with Gasteiger partial charge in [-0.2, -0.15) is 5.10 Å². The number of carbonyl (C=O) groups is 1. The highest BCUT2D eigenvalue weighted by molar-refractivity contribution is 6.39. The van der Waals surface area contributed by atoms with Gasteiger partial charge in [0, 0.05) is 78.7 Å². The Hall–Kier alpha value is -4.33. The highest BCUT2D eigenvalue weighted by Gasteiger charge is 2.38. The Morgan fingerprint density at radius 2 is 1.75 bits per heavy atom. The fourth-order valence-electron chi connectivity index (χ4n) is 6.95. The Morgan fingerprint density at radius 1 is 1.06 bits per heavy atom. The number of benzene rings is 2. The number of fused-ring (bicyclic) bond motifs is 1. The van der Waals surface area contributed by atoms with Crippen LogP contribution >= 0.6 is 23.2 Å². The van der Waals surface area contributed by atoms with Crippen molar-refractivity contribution in [3.63, 3.8) is 0 Å². The van der Waals surface area contributed by atoms with Crippen LogP contribution in [0.2, 0.25) is 10.0 Å². The highest BCUT2D eigenvalue weighted by atomic mass is 35.5. The van der Waals surface area contributed by atoms with Crippen molar-refractivity contribution in [2.45, 2.75) is 63.4 Å². The number of aromatic nitrogens is 4. The van der Waals surface area contributed by atoms with Gasteiger partial charge in [-0.15, -0.1) is 0 Å². The Bertz CT molecular complexity index is 2210. The minimum atomic E-state index is -0.654. The molecule has 1 aliphatic carbocycles. The number of amides is 1. The molecular weight excluding hydrogens is 696 g/mol. The number of methoxy groups -OCH3 is 1. The van der Waals surface area contributed by atoms with Gasteiger partial charge in [0.2, 0.25) is 11.8 Å². The quantitative estimate of drug-likeness (QED) is 0.145. The predicted octanol–water partition coefficient (Wildman–Crippen LogP) is 5.25. The topological polar surface area (TPSA) is 135 Å². The van der Waals surface area contributed by atoms with Crippen LogP contribution in [0.4, 0.5) is 4.39 Å². The molecule has 0 bridgehead atoms. The molecule has 11 nitrogen and oxygen atoms in total. The molecule has 4 N–H and O–H groups in total. The summed E-state index contributed by atoms with van der Waals surface area (Å²) < 4.78 is 24.1. The normalized spacial score (nSPS) is 20.1. The highest BCUT2D eigenvalue weighted by Crippen LogP contribution is 2.43. The zero-order chi connectivity index (χ0) is 36.0. The van der Waals surface area contributed by atoms with Gasteiger partial charge in [-0.3, -0.25) is 14.2 Å². The molecule has 7 rings (SSSR count). The van der Waals surface area contributed by atoms with Gasteiger partial charge in [0.25, 0.3) is 5.56 Å². The van der Waals surface area contributed by atoms with Crippen molar-refractivity contribution in [1.29, 1.82) is 0 Å². The van der Waals surface area contributed by atoms with Crippen LogP contribution in [-0.4, -0.2) is 61.5 Å². The first-order valence-corrected chi connectivity index (χ1v) is 17.5. The lowest BCUT2D eigenvalue weighted by molar-refractivity contribution is -0.119. The number of halogens is 3. The third-order valence-electron chi connectivity index (χ3n) is 9.73. The fourth-order valence-corrected chi connectivity index (χ4v) is 7.61. The van der Waals surface area contributed by atoms with Crippen LogP contribution in [0.3, 0.4) is 0 Å². The molecule has 1 saturated carbocycles. The van der Waals surface area contributed by atoms with Crippen LogP contribution in [0.25, 0.3) is 39.0 Å². The van der Waals surface area contributed by atoms with Gasteiger partial charge in [0.1, 0.15) is 17.2 Å². The second kappa shape index (κ2) is 14.0. The van der Waals surface area contributed by atoms with Gasteiger partial charge in [-0.05, 0) is 32.3 Å². The number of carbonyl (C=O) groups excluding carboxylic acids is 1. The van der Waals surface area contributed by atoms with Crippen molar-refractivity contribution in [3.8, 4) is 39.4 Å². The molecular formula is C37H38Cl2FN7O4. The van der Waals surface area contributed by atoms with Crippen LogP contribution in [0, 0.1) is 5.82 Å². The summed E-state index contributed by atoms with van der Waals surface area (Å²) >= 11 is 14.1. The molecule has 5 aromatic rings. The molecule has 1 amide bonds. The average molecular weight is 735 g/mol. The van der Waals surface area contributed by atoms with Crippen molar-refractivity contribution in [1.82, 2.24) is 35.1 Å². The minimum Gasteiger partial charge on any atom is -0.481 e. The smallest absolute Gasteiger partial charge is 0.277 e. The van der Waals surface area contributed by atoms with Crippen LogP contribution in [0.1, 0.15) is 44.0 Å². The Labute approximate surface area is 303 Å². The Kier molecular flexibility index (Phi) is 9.63.